The molecule has 1 aliphatic heterocycles. The third kappa shape index (κ3) is 2.63. The fourth-order valence-corrected chi connectivity index (χ4v) is 4.44. The van der Waals surface area contributed by atoms with Crippen molar-refractivity contribution in [2.75, 3.05) is 11.5 Å². The van der Waals surface area contributed by atoms with Gasteiger partial charge in [0, 0.05) is 22.7 Å². The highest BCUT2D eigenvalue weighted by atomic mass is 32.2. The smallest absolute Gasteiger partial charge is 0.0445 e. The van der Waals surface area contributed by atoms with Crippen molar-refractivity contribution < 1.29 is 0 Å². The third-order valence-corrected chi connectivity index (χ3v) is 5.69. The SMILES string of the molecule is c1csc(C(NC2CCCSC2)C2CC2)c1. The first kappa shape index (κ1) is 11.1. The molecule has 16 heavy (non-hydrogen) atoms. The lowest BCUT2D eigenvalue weighted by atomic mass is 10.1. The molecular formula is C13H19NS2. The summed E-state index contributed by atoms with van der Waals surface area (Å²) >= 11 is 4.03. The third-order valence-electron chi connectivity index (χ3n) is 3.52. The zero-order valence-electron chi connectivity index (χ0n) is 9.52. The summed E-state index contributed by atoms with van der Waals surface area (Å²) in [5.41, 5.74) is 0. The van der Waals surface area contributed by atoms with Gasteiger partial charge in [0.25, 0.3) is 0 Å². The van der Waals surface area contributed by atoms with Gasteiger partial charge < -0.3 is 5.32 Å². The molecule has 3 heteroatoms. The molecule has 3 rings (SSSR count). The van der Waals surface area contributed by atoms with Gasteiger partial charge in [-0.25, -0.2) is 0 Å². The van der Waals surface area contributed by atoms with Crippen LogP contribution in [0.15, 0.2) is 17.5 Å². The Bertz CT molecular complexity index is 313. The maximum Gasteiger partial charge on any atom is 0.0445 e. The van der Waals surface area contributed by atoms with Gasteiger partial charge in [-0.15, -0.1) is 11.3 Å². The Morgan fingerprint density at radius 1 is 1.31 bits per heavy atom. The van der Waals surface area contributed by atoms with Crippen LogP contribution in [0.4, 0.5) is 0 Å². The molecule has 1 N–H and O–H groups in total. The number of thiophene rings is 1. The highest BCUT2D eigenvalue weighted by Crippen LogP contribution is 2.43. The van der Waals surface area contributed by atoms with Gasteiger partial charge in [0.1, 0.15) is 0 Å². The van der Waals surface area contributed by atoms with Crippen molar-refractivity contribution in [1.29, 1.82) is 0 Å². The largest absolute Gasteiger partial charge is 0.305 e. The van der Waals surface area contributed by atoms with Crippen molar-refractivity contribution in [3.05, 3.63) is 22.4 Å². The van der Waals surface area contributed by atoms with E-state index in [-0.39, 0.29) is 0 Å². The molecular weight excluding hydrogens is 234 g/mol. The van der Waals surface area contributed by atoms with E-state index in [4.69, 9.17) is 0 Å². The first-order chi connectivity index (χ1) is 7.93. The van der Waals surface area contributed by atoms with E-state index in [0.717, 1.165) is 12.0 Å². The van der Waals surface area contributed by atoms with Crippen LogP contribution in [0.1, 0.15) is 36.6 Å². The van der Waals surface area contributed by atoms with E-state index in [1.807, 2.05) is 11.3 Å². The Balaban J connectivity index is 1.64. The predicted molar refractivity (Wildman–Crippen MR) is 73.3 cm³/mol. The van der Waals surface area contributed by atoms with E-state index in [1.54, 1.807) is 4.88 Å². The maximum atomic E-state index is 3.91. The lowest BCUT2D eigenvalue weighted by molar-refractivity contribution is 0.406. The second kappa shape index (κ2) is 5.11. The van der Waals surface area contributed by atoms with Crippen molar-refractivity contribution in [2.45, 2.75) is 37.8 Å². The highest BCUT2D eigenvalue weighted by molar-refractivity contribution is 7.99. The topological polar surface area (TPSA) is 12.0 Å². The van der Waals surface area contributed by atoms with Gasteiger partial charge in [0.2, 0.25) is 0 Å². The molecule has 0 aromatic carbocycles. The van der Waals surface area contributed by atoms with Crippen molar-refractivity contribution in [1.82, 2.24) is 5.32 Å². The molecule has 2 atom stereocenters. The summed E-state index contributed by atoms with van der Waals surface area (Å²) < 4.78 is 0. The monoisotopic (exact) mass is 253 g/mol. The minimum Gasteiger partial charge on any atom is -0.305 e. The van der Waals surface area contributed by atoms with E-state index < -0.39 is 0 Å². The van der Waals surface area contributed by atoms with Crippen LogP contribution in [-0.4, -0.2) is 17.5 Å². The summed E-state index contributed by atoms with van der Waals surface area (Å²) in [6.07, 6.45) is 5.62. The van der Waals surface area contributed by atoms with E-state index in [0.29, 0.717) is 6.04 Å². The van der Waals surface area contributed by atoms with Gasteiger partial charge in [-0.1, -0.05) is 6.07 Å². The minimum absolute atomic E-state index is 0.656. The Kier molecular flexibility index (Phi) is 3.55. The Morgan fingerprint density at radius 2 is 2.25 bits per heavy atom. The second-order valence-electron chi connectivity index (χ2n) is 4.91. The molecule has 1 aliphatic carbocycles. The molecule has 0 bridgehead atoms. The Labute approximate surface area is 106 Å². The first-order valence-electron chi connectivity index (χ1n) is 6.30. The molecule has 1 saturated carbocycles. The van der Waals surface area contributed by atoms with Crippen molar-refractivity contribution in [3.8, 4) is 0 Å². The van der Waals surface area contributed by atoms with Gasteiger partial charge >= 0.3 is 0 Å². The van der Waals surface area contributed by atoms with E-state index in [9.17, 15) is 0 Å². The summed E-state index contributed by atoms with van der Waals surface area (Å²) in [4.78, 5) is 1.55. The van der Waals surface area contributed by atoms with Crippen LogP contribution in [0, 0.1) is 5.92 Å². The summed E-state index contributed by atoms with van der Waals surface area (Å²) in [6.45, 7) is 0. The lowest BCUT2D eigenvalue weighted by Gasteiger charge is -2.27. The zero-order chi connectivity index (χ0) is 10.8. The zero-order valence-corrected chi connectivity index (χ0v) is 11.2. The van der Waals surface area contributed by atoms with E-state index >= 15 is 0 Å². The molecule has 2 aliphatic rings. The molecule has 0 spiro atoms. The summed E-state index contributed by atoms with van der Waals surface area (Å²) in [5, 5.41) is 6.12. The minimum atomic E-state index is 0.656. The second-order valence-corrected chi connectivity index (χ2v) is 7.04. The molecule has 2 heterocycles. The standard InChI is InChI=1S/C13H19NS2/c1-3-11(9-15-7-1)14-13(10-5-6-10)12-4-2-8-16-12/h2,4,8,10-11,13-14H,1,3,5-7,9H2. The number of rotatable bonds is 4. The van der Waals surface area contributed by atoms with Crippen LogP contribution < -0.4 is 5.32 Å². The van der Waals surface area contributed by atoms with Crippen LogP contribution >= 0.6 is 23.1 Å². The summed E-state index contributed by atoms with van der Waals surface area (Å²) in [5.74, 6) is 3.60. The van der Waals surface area contributed by atoms with Crippen LogP contribution in [0.3, 0.4) is 0 Å². The van der Waals surface area contributed by atoms with Gasteiger partial charge in [0.05, 0.1) is 0 Å². The summed E-state index contributed by atoms with van der Waals surface area (Å²) in [6, 6.07) is 5.90. The first-order valence-corrected chi connectivity index (χ1v) is 8.34. The van der Waals surface area contributed by atoms with Crippen LogP contribution in [0.2, 0.25) is 0 Å². The van der Waals surface area contributed by atoms with Gasteiger partial charge in [-0.3, -0.25) is 0 Å². The molecule has 88 valence electrons. The van der Waals surface area contributed by atoms with Crippen molar-refractivity contribution in [2.24, 2.45) is 5.92 Å². The normalized spacial score (nSPS) is 27.9. The van der Waals surface area contributed by atoms with Crippen LogP contribution in [-0.2, 0) is 0 Å². The number of hydrogen-bond donors (Lipinski definition) is 1. The quantitative estimate of drug-likeness (QED) is 0.878. The molecule has 2 fully saturated rings. The fraction of sp³-hybridized carbons (Fsp3) is 0.692. The van der Waals surface area contributed by atoms with Crippen LogP contribution in [0.25, 0.3) is 0 Å². The Morgan fingerprint density at radius 3 is 2.88 bits per heavy atom. The Hall–Kier alpha value is 0.01000. The molecule has 1 aromatic heterocycles. The molecule has 1 saturated heterocycles. The van der Waals surface area contributed by atoms with Crippen molar-refractivity contribution >= 4 is 23.1 Å². The molecule has 0 radical (unpaired) electrons. The fourth-order valence-electron chi connectivity index (χ4n) is 2.47. The average molecular weight is 253 g/mol. The summed E-state index contributed by atoms with van der Waals surface area (Å²) in [7, 11) is 0. The molecule has 1 nitrogen and oxygen atoms in total. The highest BCUT2D eigenvalue weighted by Gasteiger charge is 2.34. The molecule has 2 unspecified atom stereocenters. The molecule has 0 amide bonds. The van der Waals surface area contributed by atoms with Gasteiger partial charge in [0.15, 0.2) is 0 Å². The number of hydrogen-bond acceptors (Lipinski definition) is 3. The van der Waals surface area contributed by atoms with Gasteiger partial charge in [-0.05, 0) is 48.8 Å². The molecule has 1 aromatic rings. The predicted octanol–water partition coefficient (Wildman–Crippen LogP) is 3.68. The maximum absolute atomic E-state index is 3.91. The number of thioether (sulfide) groups is 1. The number of nitrogens with one attached hydrogen (secondary N) is 1. The average Bonchev–Trinajstić information content (AvgIpc) is 3.02. The van der Waals surface area contributed by atoms with Crippen LogP contribution in [0.5, 0.6) is 0 Å². The van der Waals surface area contributed by atoms with E-state index in [2.05, 4.69) is 34.6 Å². The van der Waals surface area contributed by atoms with E-state index in [1.165, 1.54) is 37.2 Å². The van der Waals surface area contributed by atoms with Gasteiger partial charge in [-0.2, -0.15) is 11.8 Å². The van der Waals surface area contributed by atoms with Crippen molar-refractivity contribution in [3.63, 3.8) is 0 Å². The lowest BCUT2D eigenvalue weighted by Crippen LogP contribution is -2.37.